The van der Waals surface area contributed by atoms with Gasteiger partial charge in [-0.25, -0.2) is 4.79 Å². The fourth-order valence-electron chi connectivity index (χ4n) is 4.97. The minimum atomic E-state index is -1.04. The van der Waals surface area contributed by atoms with Crippen molar-refractivity contribution in [2.45, 2.75) is 0 Å². The van der Waals surface area contributed by atoms with E-state index in [9.17, 15) is 14.7 Å². The van der Waals surface area contributed by atoms with Crippen LogP contribution in [0.1, 0.15) is 10.4 Å². The topological polar surface area (TPSA) is 95.2 Å². The van der Waals surface area contributed by atoms with Gasteiger partial charge in [-0.05, 0) is 64.0 Å². The summed E-state index contributed by atoms with van der Waals surface area (Å²) in [5.41, 5.74) is 1.22. The van der Waals surface area contributed by atoms with E-state index in [-0.39, 0.29) is 16.7 Å². The van der Waals surface area contributed by atoms with Crippen LogP contribution in [0.3, 0.4) is 0 Å². The van der Waals surface area contributed by atoms with Crippen LogP contribution in [0.25, 0.3) is 43.5 Å². The van der Waals surface area contributed by atoms with Gasteiger partial charge in [-0.15, -0.1) is 0 Å². The molecule has 7 rings (SSSR count). The van der Waals surface area contributed by atoms with Gasteiger partial charge in [0.05, 0.1) is 25.0 Å². The van der Waals surface area contributed by atoms with Crippen molar-refractivity contribution >= 4 is 49.5 Å². The van der Waals surface area contributed by atoms with E-state index < -0.39 is 5.97 Å². The first kappa shape index (κ1) is 27.4. The average molecular weight is 571 g/mol. The number of carboxylic acids is 1. The first-order chi connectivity index (χ1) is 20.9. The highest BCUT2D eigenvalue weighted by atomic mass is 16.5. The van der Waals surface area contributed by atoms with Crippen molar-refractivity contribution in [2.75, 3.05) is 14.2 Å². The van der Waals surface area contributed by atoms with Crippen LogP contribution in [0.5, 0.6) is 23.0 Å². The van der Waals surface area contributed by atoms with E-state index in [0.717, 1.165) is 21.5 Å². The van der Waals surface area contributed by atoms with Crippen LogP contribution in [-0.2, 0) is 0 Å². The number of ether oxygens (including phenoxy) is 3. The number of methoxy groups -OCH3 is 2. The molecule has 0 saturated heterocycles. The summed E-state index contributed by atoms with van der Waals surface area (Å²) >= 11 is 0. The van der Waals surface area contributed by atoms with E-state index in [1.54, 1.807) is 37.4 Å². The fourth-order valence-corrected chi connectivity index (χ4v) is 4.97. The predicted molar refractivity (Wildman–Crippen MR) is 168 cm³/mol. The predicted octanol–water partition coefficient (Wildman–Crippen LogP) is 8.45. The molecule has 0 amide bonds. The van der Waals surface area contributed by atoms with Crippen LogP contribution in [0, 0.1) is 0 Å². The third-order valence-electron chi connectivity index (χ3n) is 7.14. The molecule has 0 unspecified atom stereocenters. The Kier molecular flexibility index (Phi) is 7.37. The van der Waals surface area contributed by atoms with Crippen molar-refractivity contribution in [2.24, 2.45) is 0 Å². The van der Waals surface area contributed by atoms with Gasteiger partial charge in [0, 0.05) is 12.1 Å². The molecule has 7 aromatic rings. The minimum Gasteiger partial charge on any atom is -0.497 e. The Labute approximate surface area is 246 Å². The van der Waals surface area contributed by atoms with Crippen molar-refractivity contribution < 1.29 is 28.5 Å². The van der Waals surface area contributed by atoms with Gasteiger partial charge in [-0.3, -0.25) is 4.79 Å². The molecule has 0 fully saturated rings. The van der Waals surface area contributed by atoms with Gasteiger partial charge in [0.15, 0.2) is 0 Å². The highest BCUT2D eigenvalue weighted by molar-refractivity contribution is 6.08. The summed E-state index contributed by atoms with van der Waals surface area (Å²) < 4.78 is 22.0. The molecule has 0 saturated carbocycles. The van der Waals surface area contributed by atoms with Crippen LogP contribution in [0.15, 0.2) is 124 Å². The molecule has 1 N–H and O–H groups in total. The number of carboxylic acid groups (broad SMARTS) is 1. The standard InChI is InChI=1S/C18H14O4.C18H12O3/c1-21-14-8-9-16(18(19)20)17(11-14)22-15-7-6-12-4-2-3-5-13(12)10-15;1-20-12-7-8-14-16(10-12)21-15-9-6-11-4-2-3-5-13(11)17(15)18(14)19/h2-11H,1H3,(H,19,20);2-10H,1H3. The number of carbonyl (C=O) groups is 1. The number of aromatic carboxylic acids is 1. The Morgan fingerprint density at radius 3 is 2.05 bits per heavy atom. The van der Waals surface area contributed by atoms with E-state index in [1.807, 2.05) is 78.9 Å². The summed E-state index contributed by atoms with van der Waals surface area (Å²) in [7, 11) is 3.11. The van der Waals surface area contributed by atoms with E-state index in [0.29, 0.717) is 39.2 Å². The maximum absolute atomic E-state index is 12.8. The zero-order valence-corrected chi connectivity index (χ0v) is 23.4. The SMILES string of the molecule is COc1ccc(C(=O)O)c(Oc2ccc3ccccc3c2)c1.COc1ccc2c(=O)c3c(ccc4ccccc43)oc2c1. The second-order valence-corrected chi connectivity index (χ2v) is 9.73. The molecule has 0 radical (unpaired) electrons. The van der Waals surface area contributed by atoms with Crippen molar-refractivity contribution in [1.29, 1.82) is 0 Å². The van der Waals surface area contributed by atoms with Crippen molar-refractivity contribution in [3.05, 3.63) is 131 Å². The molecule has 0 aliphatic heterocycles. The number of fused-ring (bicyclic) bond motifs is 5. The fraction of sp³-hybridized carbons (Fsp3) is 0.0556. The molecule has 212 valence electrons. The molecule has 1 aromatic heterocycles. The molecule has 0 bridgehead atoms. The lowest BCUT2D eigenvalue weighted by Crippen LogP contribution is -2.02. The van der Waals surface area contributed by atoms with Gasteiger partial charge in [0.25, 0.3) is 0 Å². The first-order valence-corrected chi connectivity index (χ1v) is 13.5. The largest absolute Gasteiger partial charge is 0.497 e. The van der Waals surface area contributed by atoms with E-state index in [2.05, 4.69) is 0 Å². The summed E-state index contributed by atoms with van der Waals surface area (Å²) in [6, 6.07) is 35.1. The van der Waals surface area contributed by atoms with E-state index >= 15 is 0 Å². The number of hydrogen-bond acceptors (Lipinski definition) is 6. The first-order valence-electron chi connectivity index (χ1n) is 13.5. The van der Waals surface area contributed by atoms with Gasteiger partial charge in [0.1, 0.15) is 39.7 Å². The molecule has 0 aliphatic carbocycles. The lowest BCUT2D eigenvalue weighted by atomic mass is 10.0. The third kappa shape index (κ3) is 5.44. The highest BCUT2D eigenvalue weighted by Gasteiger charge is 2.14. The van der Waals surface area contributed by atoms with Crippen LogP contribution in [0.4, 0.5) is 0 Å². The normalized spacial score (nSPS) is 10.8. The van der Waals surface area contributed by atoms with Crippen LogP contribution < -0.4 is 19.6 Å². The van der Waals surface area contributed by atoms with Gasteiger partial charge in [-0.1, -0.05) is 60.7 Å². The Morgan fingerprint density at radius 2 is 1.28 bits per heavy atom. The summed E-state index contributed by atoms with van der Waals surface area (Å²) in [4.78, 5) is 24.1. The van der Waals surface area contributed by atoms with Crippen molar-refractivity contribution in [1.82, 2.24) is 0 Å². The summed E-state index contributed by atoms with van der Waals surface area (Å²) in [6.45, 7) is 0. The molecule has 43 heavy (non-hydrogen) atoms. The maximum Gasteiger partial charge on any atom is 0.339 e. The number of hydrogen-bond donors (Lipinski definition) is 1. The zero-order chi connectivity index (χ0) is 29.9. The van der Waals surface area contributed by atoms with Crippen molar-refractivity contribution in [3.63, 3.8) is 0 Å². The molecule has 0 aliphatic rings. The molecule has 7 heteroatoms. The second-order valence-electron chi connectivity index (χ2n) is 9.73. The van der Waals surface area contributed by atoms with Crippen molar-refractivity contribution in [3.8, 4) is 23.0 Å². The molecular weight excluding hydrogens is 544 g/mol. The average Bonchev–Trinajstić information content (AvgIpc) is 3.04. The third-order valence-corrected chi connectivity index (χ3v) is 7.14. The molecule has 0 atom stereocenters. The zero-order valence-electron chi connectivity index (χ0n) is 23.4. The monoisotopic (exact) mass is 570 g/mol. The molecule has 1 heterocycles. The Morgan fingerprint density at radius 1 is 0.628 bits per heavy atom. The van der Waals surface area contributed by atoms with Gasteiger partial charge < -0.3 is 23.7 Å². The number of benzene rings is 6. The number of rotatable bonds is 5. The van der Waals surface area contributed by atoms with Gasteiger partial charge in [-0.2, -0.15) is 0 Å². The lowest BCUT2D eigenvalue weighted by Gasteiger charge is -2.11. The smallest absolute Gasteiger partial charge is 0.339 e. The Hall–Kier alpha value is -5.82. The Bertz CT molecular complexity index is 2200. The maximum atomic E-state index is 12.8. The molecular formula is C36H26O7. The van der Waals surface area contributed by atoms with Crippen LogP contribution in [0.2, 0.25) is 0 Å². The highest BCUT2D eigenvalue weighted by Crippen LogP contribution is 2.31. The second kappa shape index (κ2) is 11.6. The van der Waals surface area contributed by atoms with Gasteiger partial charge >= 0.3 is 5.97 Å². The molecule has 6 aromatic carbocycles. The minimum absolute atomic E-state index is 0.00861. The molecule has 7 nitrogen and oxygen atoms in total. The van der Waals surface area contributed by atoms with Gasteiger partial charge in [0.2, 0.25) is 5.43 Å². The van der Waals surface area contributed by atoms with Crippen LogP contribution >= 0.6 is 0 Å². The van der Waals surface area contributed by atoms with E-state index in [1.165, 1.54) is 13.2 Å². The lowest BCUT2D eigenvalue weighted by molar-refractivity contribution is 0.0694. The quantitative estimate of drug-likeness (QED) is 0.164. The van der Waals surface area contributed by atoms with Crippen LogP contribution in [-0.4, -0.2) is 25.3 Å². The Balaban J connectivity index is 0.000000153. The summed E-state index contributed by atoms with van der Waals surface area (Å²) in [6.07, 6.45) is 0. The summed E-state index contributed by atoms with van der Waals surface area (Å²) in [5.74, 6) is 1.00. The summed E-state index contributed by atoms with van der Waals surface area (Å²) in [5, 5.41) is 14.5. The molecule has 0 spiro atoms. The van der Waals surface area contributed by atoms with E-state index in [4.69, 9.17) is 18.6 Å².